The molecule has 1 aromatic carbocycles. The summed E-state index contributed by atoms with van der Waals surface area (Å²) in [4.78, 5) is 30.0. The van der Waals surface area contributed by atoms with Gasteiger partial charge in [0.1, 0.15) is 0 Å². The highest BCUT2D eigenvalue weighted by atomic mass is 16.5. The van der Waals surface area contributed by atoms with Gasteiger partial charge in [0.05, 0.1) is 19.1 Å². The first-order chi connectivity index (χ1) is 14.2. The van der Waals surface area contributed by atoms with Crippen LogP contribution in [0.15, 0.2) is 30.3 Å². The Hall–Kier alpha value is -1.96. The third-order valence-electron chi connectivity index (χ3n) is 6.92. The summed E-state index contributed by atoms with van der Waals surface area (Å²) in [7, 11) is 0. The molecule has 3 fully saturated rings. The van der Waals surface area contributed by atoms with E-state index in [4.69, 9.17) is 4.74 Å². The molecule has 1 aromatic rings. The predicted molar refractivity (Wildman–Crippen MR) is 107 cm³/mol. The molecule has 2 aliphatic heterocycles. The third kappa shape index (κ3) is 4.47. The number of hydroxylamine groups is 1. The largest absolute Gasteiger partial charge is 0.379 e. The maximum Gasteiger partial charge on any atom is 0.247 e. The van der Waals surface area contributed by atoms with E-state index in [-0.39, 0.29) is 17.9 Å². The van der Waals surface area contributed by atoms with Crippen LogP contribution in [0, 0.1) is 11.8 Å². The predicted octanol–water partition coefficient (Wildman–Crippen LogP) is 1.62. The molecule has 7 nitrogen and oxygen atoms in total. The van der Waals surface area contributed by atoms with Crippen molar-refractivity contribution in [3.8, 4) is 0 Å². The van der Waals surface area contributed by atoms with Crippen LogP contribution in [0.5, 0.6) is 0 Å². The van der Waals surface area contributed by atoms with Crippen molar-refractivity contribution in [2.24, 2.45) is 11.8 Å². The molecular weight excluding hydrogens is 370 g/mol. The molecule has 29 heavy (non-hydrogen) atoms. The van der Waals surface area contributed by atoms with Crippen molar-refractivity contribution in [1.82, 2.24) is 15.3 Å². The fourth-order valence-electron chi connectivity index (χ4n) is 5.28. The van der Waals surface area contributed by atoms with Crippen LogP contribution in [0.25, 0.3) is 0 Å². The molecule has 2 amide bonds. The van der Waals surface area contributed by atoms with Crippen molar-refractivity contribution in [1.29, 1.82) is 0 Å². The monoisotopic (exact) mass is 401 g/mol. The van der Waals surface area contributed by atoms with Crippen LogP contribution in [0.1, 0.15) is 37.2 Å². The van der Waals surface area contributed by atoms with Crippen LogP contribution in [0.2, 0.25) is 0 Å². The number of nitrogens with one attached hydrogen (secondary N) is 1. The molecule has 0 aromatic heterocycles. The minimum atomic E-state index is -0.482. The fourth-order valence-corrected chi connectivity index (χ4v) is 5.28. The lowest BCUT2D eigenvalue weighted by atomic mass is 9.75. The molecule has 1 aliphatic carbocycles. The van der Waals surface area contributed by atoms with Crippen molar-refractivity contribution >= 4 is 11.8 Å². The SMILES string of the molecule is O=C(NO)[C@@H]1C[C@H](N2CCOCC2)CC[C@H]1C(=O)N1CC[C@H](c2ccccc2)C1. The Kier molecular flexibility index (Phi) is 6.47. The first-order valence-electron chi connectivity index (χ1n) is 10.8. The first kappa shape index (κ1) is 20.3. The van der Waals surface area contributed by atoms with E-state index in [2.05, 4.69) is 17.0 Å². The smallest absolute Gasteiger partial charge is 0.247 e. The second-order valence-electron chi connectivity index (χ2n) is 8.48. The van der Waals surface area contributed by atoms with Crippen molar-refractivity contribution in [3.05, 3.63) is 35.9 Å². The van der Waals surface area contributed by atoms with Gasteiger partial charge in [0.25, 0.3) is 0 Å². The van der Waals surface area contributed by atoms with Gasteiger partial charge in [-0.15, -0.1) is 0 Å². The van der Waals surface area contributed by atoms with Gasteiger partial charge < -0.3 is 9.64 Å². The van der Waals surface area contributed by atoms with Gasteiger partial charge in [0, 0.05) is 44.1 Å². The average Bonchev–Trinajstić information content (AvgIpc) is 3.29. The Morgan fingerprint density at radius 3 is 2.48 bits per heavy atom. The summed E-state index contributed by atoms with van der Waals surface area (Å²) in [5, 5.41) is 9.28. The second kappa shape index (κ2) is 9.24. The zero-order valence-electron chi connectivity index (χ0n) is 16.8. The van der Waals surface area contributed by atoms with Crippen molar-refractivity contribution in [3.63, 3.8) is 0 Å². The number of hydrogen-bond acceptors (Lipinski definition) is 5. The molecule has 4 atom stereocenters. The van der Waals surface area contributed by atoms with Crippen LogP contribution in [0.3, 0.4) is 0 Å². The number of hydrogen-bond donors (Lipinski definition) is 2. The van der Waals surface area contributed by atoms with Crippen molar-refractivity contribution in [2.75, 3.05) is 39.4 Å². The Bertz CT molecular complexity index is 707. The fraction of sp³-hybridized carbons (Fsp3) is 0.636. The Labute approximate surface area is 172 Å². The lowest BCUT2D eigenvalue weighted by Gasteiger charge is -2.42. The van der Waals surface area contributed by atoms with E-state index in [1.165, 1.54) is 5.56 Å². The molecule has 4 rings (SSSR count). The highest BCUT2D eigenvalue weighted by Crippen LogP contribution is 2.36. The van der Waals surface area contributed by atoms with Crippen LogP contribution in [0.4, 0.5) is 0 Å². The Morgan fingerprint density at radius 1 is 1.00 bits per heavy atom. The molecule has 2 heterocycles. The van der Waals surface area contributed by atoms with Gasteiger partial charge in [-0.25, -0.2) is 5.48 Å². The number of amides is 2. The molecule has 7 heteroatoms. The summed E-state index contributed by atoms with van der Waals surface area (Å²) in [6.45, 7) is 4.59. The van der Waals surface area contributed by atoms with Crippen LogP contribution in [-0.2, 0) is 14.3 Å². The summed E-state index contributed by atoms with van der Waals surface area (Å²) in [5.74, 6) is -0.841. The molecule has 3 aliphatic rings. The molecule has 1 saturated carbocycles. The van der Waals surface area contributed by atoms with Crippen LogP contribution in [-0.4, -0.2) is 72.3 Å². The second-order valence-corrected chi connectivity index (χ2v) is 8.48. The number of nitrogens with zero attached hydrogens (tertiary/aromatic N) is 2. The molecule has 2 N–H and O–H groups in total. The summed E-state index contributed by atoms with van der Waals surface area (Å²) in [5.41, 5.74) is 3.08. The summed E-state index contributed by atoms with van der Waals surface area (Å²) < 4.78 is 5.44. The van der Waals surface area contributed by atoms with Crippen molar-refractivity contribution < 1.29 is 19.5 Å². The third-order valence-corrected chi connectivity index (χ3v) is 6.92. The summed E-state index contributed by atoms with van der Waals surface area (Å²) >= 11 is 0. The average molecular weight is 402 g/mol. The van der Waals surface area contributed by atoms with E-state index in [0.717, 1.165) is 32.5 Å². The van der Waals surface area contributed by atoms with Gasteiger partial charge in [-0.2, -0.15) is 0 Å². The first-order valence-corrected chi connectivity index (χ1v) is 10.8. The van der Waals surface area contributed by atoms with Crippen LogP contribution < -0.4 is 5.48 Å². The van der Waals surface area contributed by atoms with Gasteiger partial charge in [-0.1, -0.05) is 30.3 Å². The van der Waals surface area contributed by atoms with E-state index in [1.54, 1.807) is 0 Å². The molecule has 0 radical (unpaired) electrons. The Morgan fingerprint density at radius 2 is 1.76 bits per heavy atom. The van der Waals surface area contributed by atoms with E-state index >= 15 is 0 Å². The minimum absolute atomic E-state index is 0.0671. The van der Waals surface area contributed by atoms with E-state index in [9.17, 15) is 14.8 Å². The normalized spacial score (nSPS) is 30.9. The molecule has 2 saturated heterocycles. The maximum absolute atomic E-state index is 13.3. The quantitative estimate of drug-likeness (QED) is 0.592. The standard InChI is InChI=1S/C22H31N3O4/c26-21(23-28)20-14-18(24-10-12-29-13-11-24)6-7-19(20)22(27)25-9-8-17(15-25)16-4-2-1-3-5-16/h1-5,17-20,28H,6-15H2,(H,23,26)/t17-,18+,19+,20+/m0/s1. The maximum atomic E-state index is 13.3. The minimum Gasteiger partial charge on any atom is -0.379 e. The molecule has 0 spiro atoms. The molecule has 158 valence electrons. The zero-order valence-corrected chi connectivity index (χ0v) is 16.8. The van der Waals surface area contributed by atoms with Crippen LogP contribution >= 0.6 is 0 Å². The number of carbonyl (C=O) groups is 2. The highest BCUT2D eigenvalue weighted by molar-refractivity contribution is 5.87. The van der Waals surface area contributed by atoms with E-state index in [0.29, 0.717) is 38.5 Å². The van der Waals surface area contributed by atoms with E-state index in [1.807, 2.05) is 28.6 Å². The topological polar surface area (TPSA) is 82.1 Å². The molecule has 0 unspecified atom stereocenters. The number of benzene rings is 1. The highest BCUT2D eigenvalue weighted by Gasteiger charge is 2.43. The zero-order chi connectivity index (χ0) is 20.2. The number of ether oxygens (including phenoxy) is 1. The van der Waals surface area contributed by atoms with E-state index < -0.39 is 11.8 Å². The molecule has 0 bridgehead atoms. The molecular formula is C22H31N3O4. The lowest BCUT2D eigenvalue weighted by Crippen LogP contribution is -2.52. The van der Waals surface area contributed by atoms with Gasteiger partial charge in [-0.3, -0.25) is 19.7 Å². The van der Waals surface area contributed by atoms with Gasteiger partial charge in [0.15, 0.2) is 0 Å². The number of morpholine rings is 1. The van der Waals surface area contributed by atoms with Gasteiger partial charge in [0.2, 0.25) is 11.8 Å². The number of carbonyl (C=O) groups excluding carboxylic acids is 2. The van der Waals surface area contributed by atoms with Crippen molar-refractivity contribution in [2.45, 2.75) is 37.6 Å². The van der Waals surface area contributed by atoms with Gasteiger partial charge >= 0.3 is 0 Å². The Balaban J connectivity index is 1.42. The summed E-state index contributed by atoms with van der Waals surface area (Å²) in [6.07, 6.45) is 3.15. The number of likely N-dealkylation sites (tertiary alicyclic amines) is 1. The van der Waals surface area contributed by atoms with Gasteiger partial charge in [-0.05, 0) is 31.2 Å². The lowest BCUT2D eigenvalue weighted by molar-refractivity contribution is -0.148. The summed E-state index contributed by atoms with van der Waals surface area (Å²) in [6, 6.07) is 10.6. The number of rotatable bonds is 4.